The fourth-order valence-electron chi connectivity index (χ4n) is 2.25. The van der Waals surface area contributed by atoms with Gasteiger partial charge in [0.15, 0.2) is 0 Å². The van der Waals surface area contributed by atoms with E-state index in [1.54, 1.807) is 11.0 Å². The number of amides is 1. The predicted molar refractivity (Wildman–Crippen MR) is 68.0 cm³/mol. The zero-order chi connectivity index (χ0) is 13.4. The molecule has 19 heavy (non-hydrogen) atoms. The lowest BCUT2D eigenvalue weighted by Crippen LogP contribution is -2.48. The first-order chi connectivity index (χ1) is 9.20. The maximum absolute atomic E-state index is 12.3. The van der Waals surface area contributed by atoms with E-state index >= 15 is 0 Å². The minimum atomic E-state index is -0.748. The molecular formula is C14H15NO4. The molecule has 0 unspecified atom stereocenters. The molecule has 0 spiro atoms. The lowest BCUT2D eigenvalue weighted by Gasteiger charge is -2.33. The van der Waals surface area contributed by atoms with Crippen LogP contribution in [0.4, 0.5) is 5.69 Å². The summed E-state index contributed by atoms with van der Waals surface area (Å²) in [7, 11) is 1.32. The number of para-hydroxylation sites is 2. The van der Waals surface area contributed by atoms with Crippen LogP contribution < -0.4 is 9.64 Å². The first kappa shape index (κ1) is 12.0. The molecule has 1 fully saturated rings. The zero-order valence-electron chi connectivity index (χ0n) is 10.7. The van der Waals surface area contributed by atoms with E-state index in [4.69, 9.17) is 9.47 Å². The molecule has 5 heteroatoms. The second-order valence-electron chi connectivity index (χ2n) is 4.82. The van der Waals surface area contributed by atoms with E-state index in [9.17, 15) is 9.59 Å². The van der Waals surface area contributed by atoms with E-state index < -0.39 is 12.1 Å². The van der Waals surface area contributed by atoms with Gasteiger partial charge in [-0.3, -0.25) is 4.79 Å². The molecule has 1 atom stereocenters. The minimum Gasteiger partial charge on any atom is -0.475 e. The first-order valence-electron chi connectivity index (χ1n) is 6.35. The Bertz CT molecular complexity index is 524. The molecule has 3 rings (SSSR count). The molecule has 1 amide bonds. The number of nitrogens with zero attached hydrogens (tertiary/aromatic N) is 1. The molecule has 0 radical (unpaired) electrons. The van der Waals surface area contributed by atoms with Gasteiger partial charge in [-0.25, -0.2) is 4.79 Å². The topological polar surface area (TPSA) is 55.8 Å². The van der Waals surface area contributed by atoms with Gasteiger partial charge in [-0.2, -0.15) is 0 Å². The van der Waals surface area contributed by atoms with E-state index in [0.717, 1.165) is 18.5 Å². The van der Waals surface area contributed by atoms with Gasteiger partial charge in [0.25, 0.3) is 0 Å². The summed E-state index contributed by atoms with van der Waals surface area (Å²) >= 11 is 0. The Hall–Kier alpha value is -2.04. The van der Waals surface area contributed by atoms with E-state index in [1.165, 1.54) is 7.11 Å². The molecule has 1 heterocycles. The van der Waals surface area contributed by atoms with Crippen molar-refractivity contribution in [2.24, 2.45) is 5.92 Å². The minimum absolute atomic E-state index is 0.0738. The number of carbonyl (C=O) groups excluding carboxylic acids is 2. The van der Waals surface area contributed by atoms with Gasteiger partial charge in [-0.1, -0.05) is 12.1 Å². The van der Waals surface area contributed by atoms with Gasteiger partial charge in [-0.05, 0) is 25.0 Å². The Morgan fingerprint density at radius 2 is 2.05 bits per heavy atom. The average Bonchev–Trinajstić information content (AvgIpc) is 3.29. The molecule has 5 nitrogen and oxygen atoms in total. The summed E-state index contributed by atoms with van der Waals surface area (Å²) in [5.41, 5.74) is 0.736. The molecule has 1 aromatic rings. The number of methoxy groups -OCH3 is 1. The quantitative estimate of drug-likeness (QED) is 0.754. The molecular weight excluding hydrogens is 246 g/mol. The van der Waals surface area contributed by atoms with Crippen LogP contribution in [-0.4, -0.2) is 31.6 Å². The number of fused-ring (bicyclic) bond motifs is 1. The Kier molecular flexibility index (Phi) is 2.89. The van der Waals surface area contributed by atoms with Crippen LogP contribution >= 0.6 is 0 Å². The van der Waals surface area contributed by atoms with Crippen LogP contribution in [0.1, 0.15) is 12.8 Å². The van der Waals surface area contributed by atoms with Crippen LogP contribution in [-0.2, 0) is 14.3 Å². The Morgan fingerprint density at radius 3 is 2.74 bits per heavy atom. The SMILES string of the molecule is COC(=O)[C@H]1CN(C(=O)C2CC2)c2ccccc2O1. The second-order valence-corrected chi connectivity index (χ2v) is 4.82. The highest BCUT2D eigenvalue weighted by molar-refractivity contribution is 5.99. The van der Waals surface area contributed by atoms with Crippen molar-refractivity contribution >= 4 is 17.6 Å². The van der Waals surface area contributed by atoms with Gasteiger partial charge >= 0.3 is 5.97 Å². The van der Waals surface area contributed by atoms with Gasteiger partial charge in [0.05, 0.1) is 19.3 Å². The lowest BCUT2D eigenvalue weighted by molar-refractivity contribution is -0.148. The van der Waals surface area contributed by atoms with E-state index in [2.05, 4.69) is 0 Å². The summed E-state index contributed by atoms with van der Waals surface area (Å²) in [6.45, 7) is 0.221. The number of carbonyl (C=O) groups is 2. The summed E-state index contributed by atoms with van der Waals surface area (Å²) in [5.74, 6) is 0.273. The number of hydrogen-bond donors (Lipinski definition) is 0. The number of esters is 1. The third-order valence-electron chi connectivity index (χ3n) is 3.43. The molecule has 0 bridgehead atoms. The molecule has 100 valence electrons. The van der Waals surface area contributed by atoms with E-state index in [-0.39, 0.29) is 18.4 Å². The lowest BCUT2D eigenvalue weighted by atomic mass is 10.1. The molecule has 1 aromatic carbocycles. The molecule has 0 N–H and O–H groups in total. The van der Waals surface area contributed by atoms with Crippen LogP contribution in [0, 0.1) is 5.92 Å². The molecule has 1 aliphatic heterocycles. The van der Waals surface area contributed by atoms with Gasteiger partial charge in [0.2, 0.25) is 12.0 Å². The molecule has 1 saturated carbocycles. The van der Waals surface area contributed by atoms with Crippen molar-refractivity contribution in [3.05, 3.63) is 24.3 Å². The van der Waals surface area contributed by atoms with Crippen molar-refractivity contribution in [2.45, 2.75) is 18.9 Å². The van der Waals surface area contributed by atoms with Crippen LogP contribution in [0.5, 0.6) is 5.75 Å². The van der Waals surface area contributed by atoms with Crippen molar-refractivity contribution in [1.29, 1.82) is 0 Å². The fourth-order valence-corrected chi connectivity index (χ4v) is 2.25. The van der Waals surface area contributed by atoms with Crippen LogP contribution in [0.15, 0.2) is 24.3 Å². The third kappa shape index (κ3) is 2.16. The average molecular weight is 261 g/mol. The Balaban J connectivity index is 1.93. The second kappa shape index (κ2) is 4.57. The number of hydrogen-bond acceptors (Lipinski definition) is 4. The third-order valence-corrected chi connectivity index (χ3v) is 3.43. The standard InChI is InChI=1S/C14H15NO4/c1-18-14(17)12-8-15(13(16)9-6-7-9)10-4-2-3-5-11(10)19-12/h2-5,9,12H,6-8H2,1H3/t12-/m1/s1. The zero-order valence-corrected chi connectivity index (χ0v) is 10.7. The van der Waals surface area contributed by atoms with Crippen molar-refractivity contribution in [3.63, 3.8) is 0 Å². The molecule has 1 aliphatic carbocycles. The first-order valence-corrected chi connectivity index (χ1v) is 6.35. The summed E-state index contributed by atoms with van der Waals surface area (Å²) in [6.07, 6.45) is 1.12. The van der Waals surface area contributed by atoms with Crippen LogP contribution in [0.25, 0.3) is 0 Å². The van der Waals surface area contributed by atoms with Gasteiger partial charge in [0.1, 0.15) is 5.75 Å². The number of benzene rings is 1. The van der Waals surface area contributed by atoms with E-state index in [0.29, 0.717) is 5.75 Å². The Labute approximate surface area is 111 Å². The smallest absolute Gasteiger partial charge is 0.348 e. The largest absolute Gasteiger partial charge is 0.475 e. The number of anilines is 1. The summed E-state index contributed by atoms with van der Waals surface area (Å²) < 4.78 is 10.3. The highest BCUT2D eigenvalue weighted by Gasteiger charge is 2.40. The van der Waals surface area contributed by atoms with Gasteiger partial charge in [-0.15, -0.1) is 0 Å². The van der Waals surface area contributed by atoms with Gasteiger partial charge in [0, 0.05) is 5.92 Å². The van der Waals surface area contributed by atoms with Crippen LogP contribution in [0.3, 0.4) is 0 Å². The van der Waals surface area contributed by atoms with Crippen molar-refractivity contribution < 1.29 is 19.1 Å². The maximum Gasteiger partial charge on any atom is 0.348 e. The number of ether oxygens (including phenoxy) is 2. The fraction of sp³-hybridized carbons (Fsp3) is 0.429. The summed E-state index contributed by atoms with van der Waals surface area (Å²) in [6, 6.07) is 7.27. The maximum atomic E-state index is 12.3. The molecule has 2 aliphatic rings. The summed E-state index contributed by atoms with van der Waals surface area (Å²) in [4.78, 5) is 25.6. The van der Waals surface area contributed by atoms with Crippen molar-refractivity contribution in [1.82, 2.24) is 0 Å². The van der Waals surface area contributed by atoms with Gasteiger partial charge < -0.3 is 14.4 Å². The monoisotopic (exact) mass is 261 g/mol. The van der Waals surface area contributed by atoms with Crippen molar-refractivity contribution in [2.75, 3.05) is 18.6 Å². The normalized spacial score (nSPS) is 21.3. The van der Waals surface area contributed by atoms with Crippen LogP contribution in [0.2, 0.25) is 0 Å². The van der Waals surface area contributed by atoms with E-state index in [1.807, 2.05) is 18.2 Å². The number of rotatable bonds is 2. The highest BCUT2D eigenvalue weighted by atomic mass is 16.6. The molecule has 0 aromatic heterocycles. The predicted octanol–water partition coefficient (Wildman–Crippen LogP) is 1.36. The Morgan fingerprint density at radius 1 is 1.32 bits per heavy atom. The van der Waals surface area contributed by atoms with Crippen molar-refractivity contribution in [3.8, 4) is 5.75 Å². The summed E-state index contributed by atoms with van der Waals surface area (Å²) in [5, 5.41) is 0. The molecule has 0 saturated heterocycles. The highest BCUT2D eigenvalue weighted by Crippen LogP contribution is 2.38.